The van der Waals surface area contributed by atoms with Crippen LogP contribution in [0.15, 0.2) is 54.6 Å². The Morgan fingerprint density at radius 2 is 1.67 bits per heavy atom. The number of rotatable bonds is 11. The minimum atomic E-state index is -0.710. The van der Waals surface area contributed by atoms with Crippen LogP contribution in [0.1, 0.15) is 39.2 Å². The zero-order valence-electron chi connectivity index (χ0n) is 24.2. The maximum atomic E-state index is 13.6. The zero-order valence-corrected chi connectivity index (χ0v) is 25.0. The Morgan fingerprint density at radius 1 is 0.976 bits per heavy atom. The molecule has 2 heterocycles. The van der Waals surface area contributed by atoms with E-state index in [4.69, 9.17) is 23.9 Å². The van der Waals surface area contributed by atoms with E-state index < -0.39 is 6.16 Å². The number of hydrogen-bond donors (Lipinski definition) is 1. The van der Waals surface area contributed by atoms with E-state index in [1.54, 1.807) is 36.5 Å². The molecule has 0 unspecified atom stereocenters. The fourth-order valence-corrected chi connectivity index (χ4v) is 6.09. The van der Waals surface area contributed by atoms with Gasteiger partial charge in [0.15, 0.2) is 5.13 Å². The number of benzene rings is 3. The van der Waals surface area contributed by atoms with Crippen molar-refractivity contribution >= 4 is 32.8 Å². The van der Waals surface area contributed by atoms with Gasteiger partial charge in [0.1, 0.15) is 23.1 Å². The van der Waals surface area contributed by atoms with Crippen molar-refractivity contribution < 1.29 is 28.1 Å². The molecular formula is C32H36FN3O5S. The summed E-state index contributed by atoms with van der Waals surface area (Å²) in [5.74, 6) is 1.65. The Hall–Kier alpha value is -3.89. The molecule has 0 saturated carbocycles. The van der Waals surface area contributed by atoms with Crippen LogP contribution in [-0.4, -0.2) is 55.0 Å². The fourth-order valence-electron chi connectivity index (χ4n) is 5.12. The first-order chi connectivity index (χ1) is 20.4. The number of piperidine rings is 1. The van der Waals surface area contributed by atoms with E-state index in [1.807, 2.05) is 26.0 Å². The number of nitrogens with zero attached hydrogens (tertiary/aromatic N) is 2. The quantitative estimate of drug-likeness (QED) is 0.141. The van der Waals surface area contributed by atoms with Gasteiger partial charge in [-0.1, -0.05) is 23.5 Å². The highest BCUT2D eigenvalue weighted by atomic mass is 32.1. The molecule has 1 N–H and O–H groups in total. The van der Waals surface area contributed by atoms with E-state index in [1.165, 1.54) is 12.1 Å². The van der Waals surface area contributed by atoms with Crippen LogP contribution >= 0.6 is 11.3 Å². The van der Waals surface area contributed by atoms with E-state index in [9.17, 15) is 9.18 Å². The largest absolute Gasteiger partial charge is 0.513 e. The number of carbonyl (C=O) groups is 1. The van der Waals surface area contributed by atoms with Crippen molar-refractivity contribution in [1.82, 2.24) is 9.88 Å². The maximum Gasteiger partial charge on any atom is 0.513 e. The summed E-state index contributed by atoms with van der Waals surface area (Å²) in [5.41, 5.74) is 3.68. The van der Waals surface area contributed by atoms with E-state index in [0.29, 0.717) is 25.0 Å². The normalized spacial score (nSPS) is 14.1. The lowest BCUT2D eigenvalue weighted by Crippen LogP contribution is -2.38. The number of likely N-dealkylation sites (tertiary alicyclic amines) is 1. The fraction of sp³-hybridized carbons (Fsp3) is 0.375. The maximum absolute atomic E-state index is 13.6. The third-order valence-electron chi connectivity index (χ3n) is 7.00. The Kier molecular flexibility index (Phi) is 9.76. The molecule has 10 heteroatoms. The Labute approximate surface area is 249 Å². The van der Waals surface area contributed by atoms with Crippen LogP contribution < -0.4 is 19.5 Å². The Balaban J connectivity index is 1.22. The minimum absolute atomic E-state index is 0.265. The van der Waals surface area contributed by atoms with E-state index >= 15 is 0 Å². The Bertz CT molecular complexity index is 1480. The predicted molar refractivity (Wildman–Crippen MR) is 163 cm³/mol. The van der Waals surface area contributed by atoms with Crippen molar-refractivity contribution in [2.45, 2.75) is 46.2 Å². The highest BCUT2D eigenvalue weighted by molar-refractivity contribution is 7.22. The van der Waals surface area contributed by atoms with Crippen LogP contribution in [0, 0.1) is 5.82 Å². The summed E-state index contributed by atoms with van der Waals surface area (Å²) in [6.07, 6.45) is 1.26. The van der Waals surface area contributed by atoms with Gasteiger partial charge in [-0.15, -0.1) is 0 Å². The lowest BCUT2D eigenvalue weighted by atomic mass is 9.99. The molecule has 0 aliphatic carbocycles. The molecule has 0 atom stereocenters. The molecule has 3 aromatic carbocycles. The minimum Gasteiger partial charge on any atom is -0.493 e. The van der Waals surface area contributed by atoms with Crippen molar-refractivity contribution in [3.05, 3.63) is 66.0 Å². The summed E-state index contributed by atoms with van der Waals surface area (Å²) in [4.78, 5) is 18.8. The van der Waals surface area contributed by atoms with Crippen molar-refractivity contribution in [3.8, 4) is 28.4 Å². The number of anilines is 1. The van der Waals surface area contributed by atoms with Gasteiger partial charge in [-0.25, -0.2) is 14.2 Å². The third-order valence-corrected chi connectivity index (χ3v) is 7.95. The lowest BCUT2D eigenvalue weighted by molar-refractivity contribution is 0.104. The van der Waals surface area contributed by atoms with Crippen molar-refractivity contribution in [1.29, 1.82) is 0 Å². The molecular weight excluding hydrogens is 557 g/mol. The third kappa shape index (κ3) is 7.30. The van der Waals surface area contributed by atoms with Crippen LogP contribution in [0.5, 0.6) is 17.2 Å². The summed E-state index contributed by atoms with van der Waals surface area (Å²) in [6, 6.07) is 16.3. The molecule has 4 aromatic rings. The molecule has 0 bridgehead atoms. The van der Waals surface area contributed by atoms with Gasteiger partial charge >= 0.3 is 6.16 Å². The van der Waals surface area contributed by atoms with Gasteiger partial charge in [0, 0.05) is 31.7 Å². The summed E-state index contributed by atoms with van der Waals surface area (Å²) in [6.45, 7) is 9.61. The number of aromatic nitrogens is 1. The summed E-state index contributed by atoms with van der Waals surface area (Å²) >= 11 is 1.55. The molecule has 42 heavy (non-hydrogen) atoms. The highest BCUT2D eigenvalue weighted by Gasteiger charge is 2.22. The molecule has 0 spiro atoms. The molecule has 8 nitrogen and oxygen atoms in total. The molecule has 1 aliphatic heterocycles. The number of ether oxygens (including phenoxy) is 4. The molecule has 1 saturated heterocycles. The first-order valence-electron chi connectivity index (χ1n) is 14.4. The van der Waals surface area contributed by atoms with Crippen molar-refractivity contribution in [3.63, 3.8) is 0 Å². The van der Waals surface area contributed by atoms with E-state index in [0.717, 1.165) is 76.0 Å². The second-order valence-corrected chi connectivity index (χ2v) is 11.0. The van der Waals surface area contributed by atoms with Gasteiger partial charge in [0.25, 0.3) is 0 Å². The van der Waals surface area contributed by atoms with Gasteiger partial charge in [-0.05, 0) is 81.1 Å². The van der Waals surface area contributed by atoms with Crippen LogP contribution in [0.25, 0.3) is 21.3 Å². The van der Waals surface area contributed by atoms with Crippen LogP contribution in [0.2, 0.25) is 0 Å². The molecule has 1 fully saturated rings. The summed E-state index contributed by atoms with van der Waals surface area (Å²) < 4.78 is 36.7. The molecule has 0 amide bonds. The number of thiazole rings is 1. The summed E-state index contributed by atoms with van der Waals surface area (Å²) in [5, 5.41) is 4.46. The number of carbonyl (C=O) groups excluding carboxylic acids is 1. The second kappa shape index (κ2) is 13.8. The number of nitrogens with one attached hydrogen (secondary N) is 1. The first-order valence-corrected chi connectivity index (χ1v) is 15.2. The van der Waals surface area contributed by atoms with E-state index in [-0.39, 0.29) is 12.4 Å². The van der Waals surface area contributed by atoms with Crippen molar-refractivity contribution in [2.24, 2.45) is 0 Å². The SMILES string of the molecule is CCOC(=O)Oc1ccc2nc(NC3CCN(Cc4cc(OCC)c(-c5ccc(F)cc5)c(OCC)c4)CC3)sc2c1. The Morgan fingerprint density at radius 3 is 2.31 bits per heavy atom. The summed E-state index contributed by atoms with van der Waals surface area (Å²) in [7, 11) is 0. The molecule has 222 valence electrons. The zero-order chi connectivity index (χ0) is 29.5. The predicted octanol–water partition coefficient (Wildman–Crippen LogP) is 7.51. The van der Waals surface area contributed by atoms with E-state index in [2.05, 4.69) is 22.3 Å². The topological polar surface area (TPSA) is 82.2 Å². The van der Waals surface area contributed by atoms with Crippen LogP contribution in [0.4, 0.5) is 14.3 Å². The molecule has 0 radical (unpaired) electrons. The molecule has 1 aromatic heterocycles. The van der Waals surface area contributed by atoms with Crippen LogP contribution in [-0.2, 0) is 11.3 Å². The highest BCUT2D eigenvalue weighted by Crippen LogP contribution is 2.40. The van der Waals surface area contributed by atoms with Crippen LogP contribution in [0.3, 0.4) is 0 Å². The van der Waals surface area contributed by atoms with Gasteiger partial charge in [-0.3, -0.25) is 4.90 Å². The smallest absolute Gasteiger partial charge is 0.493 e. The van der Waals surface area contributed by atoms with Crippen molar-refractivity contribution in [2.75, 3.05) is 38.2 Å². The second-order valence-electron chi connectivity index (χ2n) is 9.97. The monoisotopic (exact) mass is 593 g/mol. The van der Waals surface area contributed by atoms with Gasteiger partial charge in [0.2, 0.25) is 0 Å². The first kappa shape index (κ1) is 29.6. The molecule has 5 rings (SSSR count). The van der Waals surface area contributed by atoms with Gasteiger partial charge in [-0.2, -0.15) is 0 Å². The number of halogens is 1. The number of hydrogen-bond acceptors (Lipinski definition) is 9. The van der Waals surface area contributed by atoms with Gasteiger partial charge in [0.05, 0.1) is 35.6 Å². The standard InChI is InChI=1S/C32H36FN3O5S/c1-4-38-27-17-21(18-28(39-5-2)30(27)22-7-9-23(33)10-8-22)20-36-15-13-24(14-16-36)34-31-35-26-12-11-25(19-29(26)42-31)41-32(37)40-6-3/h7-12,17-19,24H,4-6,13-16,20H2,1-3H3,(H,34,35). The average molecular weight is 594 g/mol. The number of fused-ring (bicyclic) bond motifs is 1. The van der Waals surface area contributed by atoms with Gasteiger partial charge < -0.3 is 24.3 Å². The molecule has 1 aliphatic rings. The average Bonchev–Trinajstić information content (AvgIpc) is 3.37. The lowest BCUT2D eigenvalue weighted by Gasteiger charge is -2.32.